The van der Waals surface area contributed by atoms with E-state index in [2.05, 4.69) is 31.5 Å². The first-order valence-corrected chi connectivity index (χ1v) is 9.22. The van der Waals surface area contributed by atoms with Gasteiger partial charge in [-0.2, -0.15) is 11.1 Å². The number of amides is 1. The number of carbonyl (C=O) groups is 1. The van der Waals surface area contributed by atoms with Crippen LogP contribution in [-0.2, 0) is 21.7 Å². The summed E-state index contributed by atoms with van der Waals surface area (Å²) >= 11 is 0. The summed E-state index contributed by atoms with van der Waals surface area (Å²) in [5, 5.41) is 0. The molecule has 0 bridgehead atoms. The van der Waals surface area contributed by atoms with Crippen LogP contribution >= 0.6 is 0 Å². The molecule has 1 radical (unpaired) electrons. The van der Waals surface area contributed by atoms with Crippen LogP contribution in [0.3, 0.4) is 0 Å². The smallest absolute Gasteiger partial charge is 1.00 e. The van der Waals surface area contributed by atoms with E-state index in [1.807, 2.05) is 31.3 Å². The summed E-state index contributed by atoms with van der Waals surface area (Å²) in [6, 6.07) is 9.16. The molecular formula is C17H22Cl2NOSiTi. The van der Waals surface area contributed by atoms with Crippen molar-refractivity contribution in [3.05, 3.63) is 58.7 Å². The van der Waals surface area contributed by atoms with Crippen LogP contribution in [-0.4, -0.2) is 14.5 Å². The fourth-order valence-electron chi connectivity index (χ4n) is 1.70. The molecule has 2 rings (SSSR count). The molecular weight excluding hydrogens is 381 g/mol. The van der Waals surface area contributed by atoms with Crippen LogP contribution in [0.15, 0.2) is 51.7 Å². The van der Waals surface area contributed by atoms with E-state index in [4.69, 9.17) is 0 Å². The van der Waals surface area contributed by atoms with Gasteiger partial charge < -0.3 is 24.8 Å². The third kappa shape index (κ3) is 10.2. The van der Waals surface area contributed by atoms with Crippen LogP contribution in [0, 0.1) is 6.08 Å². The van der Waals surface area contributed by atoms with Gasteiger partial charge in [-0.1, -0.05) is 32.0 Å². The Bertz CT molecular complexity index is 574. The minimum absolute atomic E-state index is 0. The molecule has 1 amide bonds. The normalized spacial score (nSPS) is 11.6. The molecule has 6 heteroatoms. The molecule has 0 aliphatic heterocycles. The maximum absolute atomic E-state index is 11.3. The van der Waals surface area contributed by atoms with Gasteiger partial charge in [-0.3, -0.25) is 15.5 Å². The average molecular weight is 403 g/mol. The van der Waals surface area contributed by atoms with Crippen molar-refractivity contribution in [2.24, 2.45) is 4.63 Å². The standard InChI is InChI=1S/C9H11NOSi.C8H11.2ClH.Ti/c1-12(2)10-9(11)8-6-4-3-5-7-8;1-6-4-5-7(2)8(6)3;;;/h3-7H,1-2H3;4H2,1-3H3;2*1H;/q;-1;;;+3/p-2. The topological polar surface area (TPSA) is 29.4 Å². The molecule has 23 heavy (non-hydrogen) atoms. The molecule has 0 heterocycles. The van der Waals surface area contributed by atoms with Gasteiger partial charge in [0.25, 0.3) is 5.91 Å². The first-order chi connectivity index (χ1) is 9.41. The van der Waals surface area contributed by atoms with E-state index in [9.17, 15) is 4.79 Å². The summed E-state index contributed by atoms with van der Waals surface area (Å²) < 4.78 is 4.01. The van der Waals surface area contributed by atoms with Crippen molar-refractivity contribution in [3.63, 3.8) is 0 Å². The van der Waals surface area contributed by atoms with E-state index in [1.165, 1.54) is 16.7 Å². The van der Waals surface area contributed by atoms with Gasteiger partial charge in [0.1, 0.15) is 8.59 Å². The molecule has 1 aliphatic rings. The van der Waals surface area contributed by atoms with Crippen LogP contribution in [0.25, 0.3) is 0 Å². The van der Waals surface area contributed by atoms with E-state index in [1.54, 1.807) is 12.1 Å². The number of halogens is 2. The van der Waals surface area contributed by atoms with E-state index in [0.717, 1.165) is 6.42 Å². The zero-order chi connectivity index (χ0) is 15.1. The minimum Gasteiger partial charge on any atom is -1.00 e. The molecule has 0 N–H and O–H groups in total. The second kappa shape index (κ2) is 14.1. The van der Waals surface area contributed by atoms with Crippen molar-refractivity contribution in [3.8, 4) is 0 Å². The first-order valence-electron chi connectivity index (χ1n) is 6.77. The van der Waals surface area contributed by atoms with Crippen molar-refractivity contribution < 1.29 is 51.3 Å². The number of rotatable bonds is 1. The third-order valence-electron chi connectivity index (χ3n) is 3.17. The fraction of sp³-hybridized carbons (Fsp3) is 0.353. The Kier molecular flexibility index (Phi) is 16.8. The summed E-state index contributed by atoms with van der Waals surface area (Å²) in [5.41, 5.74) is 4.93. The number of hydrogen-bond donors (Lipinski definition) is 0. The predicted molar refractivity (Wildman–Crippen MR) is 86.1 cm³/mol. The Labute approximate surface area is 168 Å². The van der Waals surface area contributed by atoms with Gasteiger partial charge in [-0.05, 0) is 25.2 Å². The van der Waals surface area contributed by atoms with Gasteiger partial charge >= 0.3 is 21.7 Å². The molecule has 0 saturated heterocycles. The largest absolute Gasteiger partial charge is 3.00 e. The van der Waals surface area contributed by atoms with Gasteiger partial charge in [0, 0.05) is 5.56 Å². The van der Waals surface area contributed by atoms with Crippen LogP contribution in [0.1, 0.15) is 37.6 Å². The summed E-state index contributed by atoms with van der Waals surface area (Å²) in [6.45, 7) is 10.4. The van der Waals surface area contributed by atoms with Crippen LogP contribution in [0.2, 0.25) is 13.1 Å². The molecule has 0 atom stereocenters. The summed E-state index contributed by atoms with van der Waals surface area (Å²) in [5.74, 6) is -0.0884. The van der Waals surface area contributed by atoms with Crippen molar-refractivity contribution >= 4 is 14.5 Å². The summed E-state index contributed by atoms with van der Waals surface area (Å²) in [6.07, 6.45) is 4.31. The monoisotopic (exact) mass is 402 g/mol. The minimum atomic E-state index is -0.805. The molecule has 0 spiro atoms. The van der Waals surface area contributed by atoms with Crippen molar-refractivity contribution in [2.75, 3.05) is 0 Å². The Morgan fingerprint density at radius 1 is 1.09 bits per heavy atom. The van der Waals surface area contributed by atoms with Crippen LogP contribution < -0.4 is 24.8 Å². The number of allylic oxidation sites excluding steroid dienone is 4. The number of hydrogen-bond acceptors (Lipinski definition) is 1. The zero-order valence-corrected chi connectivity index (χ0v) is 18.3. The van der Waals surface area contributed by atoms with E-state index in [0.29, 0.717) is 5.56 Å². The van der Waals surface area contributed by atoms with Crippen molar-refractivity contribution in [1.29, 1.82) is 0 Å². The predicted octanol–water partition coefficient (Wildman–Crippen LogP) is -1.17. The zero-order valence-electron chi connectivity index (χ0n) is 14.2. The van der Waals surface area contributed by atoms with Crippen LogP contribution in [0.5, 0.6) is 0 Å². The average Bonchev–Trinajstić information content (AvgIpc) is 2.71. The molecule has 2 nitrogen and oxygen atoms in total. The Morgan fingerprint density at radius 2 is 1.61 bits per heavy atom. The van der Waals surface area contributed by atoms with Crippen molar-refractivity contribution in [1.82, 2.24) is 0 Å². The Balaban J connectivity index is -0.000000325. The second-order valence-electron chi connectivity index (χ2n) is 5.11. The summed E-state index contributed by atoms with van der Waals surface area (Å²) in [4.78, 5) is 11.3. The van der Waals surface area contributed by atoms with Gasteiger partial charge in [0.05, 0.1) is 0 Å². The Morgan fingerprint density at radius 3 is 1.91 bits per heavy atom. The van der Waals surface area contributed by atoms with E-state index < -0.39 is 8.59 Å². The first kappa shape index (κ1) is 27.5. The third-order valence-corrected chi connectivity index (χ3v) is 3.82. The molecule has 0 aromatic heterocycles. The molecule has 1 aromatic carbocycles. The molecule has 1 aromatic rings. The fourth-order valence-corrected chi connectivity index (χ4v) is 2.23. The SMILES string of the molecule is CC1=[C-]CC(C)=C1C.C[Si](C)=NC(=O)c1ccccc1.[Cl-].[Cl-].[Ti+3]. The quantitative estimate of drug-likeness (QED) is 0.430. The summed E-state index contributed by atoms with van der Waals surface area (Å²) in [7, 11) is -0.805. The molecule has 1 aliphatic carbocycles. The van der Waals surface area contributed by atoms with E-state index >= 15 is 0 Å². The number of benzene rings is 1. The van der Waals surface area contributed by atoms with Crippen LogP contribution in [0.4, 0.5) is 0 Å². The molecule has 123 valence electrons. The molecule has 0 fully saturated rings. The van der Waals surface area contributed by atoms with Gasteiger partial charge in [0.2, 0.25) is 0 Å². The van der Waals surface area contributed by atoms with Gasteiger partial charge in [-0.15, -0.1) is 13.3 Å². The maximum atomic E-state index is 11.3. The maximum Gasteiger partial charge on any atom is 3.00 e. The van der Waals surface area contributed by atoms with Crippen molar-refractivity contribution in [2.45, 2.75) is 40.3 Å². The molecule has 0 saturated carbocycles. The molecule has 0 unspecified atom stereocenters. The van der Waals surface area contributed by atoms with Gasteiger partial charge in [-0.25, -0.2) is 5.57 Å². The number of carbonyl (C=O) groups excluding carboxylic acids is 1. The number of nitrogens with zero attached hydrogens (tertiary/aromatic N) is 1. The van der Waals surface area contributed by atoms with E-state index in [-0.39, 0.29) is 52.4 Å². The Hall–Kier alpha value is -0.319. The van der Waals surface area contributed by atoms with Gasteiger partial charge in [0.15, 0.2) is 0 Å². The second-order valence-corrected chi connectivity index (χ2v) is 7.23.